The molecule has 0 atom stereocenters. The molecule has 2 heterocycles. The summed E-state index contributed by atoms with van der Waals surface area (Å²) in [5, 5.41) is 4.38. The third-order valence-electron chi connectivity index (χ3n) is 3.40. The van der Waals surface area contributed by atoms with E-state index in [1.165, 1.54) is 5.69 Å². The molecule has 0 spiro atoms. The molecule has 1 fully saturated rings. The van der Waals surface area contributed by atoms with Gasteiger partial charge >= 0.3 is 0 Å². The van der Waals surface area contributed by atoms with E-state index in [1.807, 2.05) is 37.4 Å². The molecule has 1 aliphatic heterocycles. The van der Waals surface area contributed by atoms with Crippen LogP contribution in [0.2, 0.25) is 0 Å². The highest BCUT2D eigenvalue weighted by Crippen LogP contribution is 2.27. The van der Waals surface area contributed by atoms with Crippen molar-refractivity contribution < 1.29 is 4.79 Å². The Morgan fingerprint density at radius 3 is 2.28 bits per heavy atom. The highest BCUT2D eigenvalue weighted by atomic mass is 16.2. The first-order chi connectivity index (χ1) is 8.58. The van der Waals surface area contributed by atoms with Crippen LogP contribution >= 0.6 is 0 Å². The molecule has 0 aromatic carbocycles. The zero-order valence-electron chi connectivity index (χ0n) is 12.2. The van der Waals surface area contributed by atoms with Gasteiger partial charge in [-0.25, -0.2) is 0 Å². The number of piperidine rings is 1. The van der Waals surface area contributed by atoms with Crippen molar-refractivity contribution in [2.24, 2.45) is 7.05 Å². The molecule has 0 aliphatic carbocycles. The maximum atomic E-state index is 11.2. The molecule has 1 saturated heterocycles. The van der Waals surface area contributed by atoms with Crippen LogP contribution in [-0.4, -0.2) is 33.7 Å². The van der Waals surface area contributed by atoms with Crippen molar-refractivity contribution in [3.63, 3.8) is 0 Å². The third kappa shape index (κ3) is 3.34. The Morgan fingerprint density at radius 1 is 1.33 bits per heavy atom. The number of aromatic nitrogens is 2. The van der Waals surface area contributed by atoms with Crippen LogP contribution in [0.5, 0.6) is 0 Å². The van der Waals surface area contributed by atoms with Crippen LogP contribution in [-0.2, 0) is 11.8 Å². The van der Waals surface area contributed by atoms with E-state index >= 15 is 0 Å². The molecule has 1 aromatic rings. The Balaban J connectivity index is 0.000000771. The van der Waals surface area contributed by atoms with Gasteiger partial charge < -0.3 is 4.90 Å². The zero-order valence-corrected chi connectivity index (χ0v) is 12.2. The first-order valence-electron chi connectivity index (χ1n) is 6.84. The van der Waals surface area contributed by atoms with Crippen molar-refractivity contribution in [1.29, 1.82) is 0 Å². The van der Waals surface area contributed by atoms with Crippen LogP contribution in [0.1, 0.15) is 50.9 Å². The lowest BCUT2D eigenvalue weighted by atomic mass is 9.93. The number of nitrogens with zero attached hydrogens (tertiary/aromatic N) is 3. The van der Waals surface area contributed by atoms with Gasteiger partial charge in [-0.3, -0.25) is 9.48 Å². The highest BCUT2D eigenvalue weighted by Gasteiger charge is 2.23. The Labute approximate surface area is 110 Å². The predicted octanol–water partition coefficient (Wildman–Crippen LogP) is 2.48. The van der Waals surface area contributed by atoms with Gasteiger partial charge in [0.1, 0.15) is 0 Å². The summed E-state index contributed by atoms with van der Waals surface area (Å²) in [6.07, 6.45) is 2.11. The summed E-state index contributed by atoms with van der Waals surface area (Å²) in [6.45, 7) is 9.43. The van der Waals surface area contributed by atoms with Crippen LogP contribution in [0.25, 0.3) is 0 Å². The Kier molecular flexibility index (Phi) is 5.38. The molecular formula is C14H25N3O. The fraction of sp³-hybridized carbons (Fsp3) is 0.714. The number of hydrogen-bond donors (Lipinski definition) is 0. The van der Waals surface area contributed by atoms with Crippen LogP contribution in [0.4, 0.5) is 0 Å². The van der Waals surface area contributed by atoms with Crippen molar-refractivity contribution in [1.82, 2.24) is 14.7 Å². The zero-order chi connectivity index (χ0) is 13.7. The summed E-state index contributed by atoms with van der Waals surface area (Å²) in [5.74, 6) is 0.751. The quantitative estimate of drug-likeness (QED) is 0.769. The fourth-order valence-corrected chi connectivity index (χ4v) is 2.50. The summed E-state index contributed by atoms with van der Waals surface area (Å²) in [5.41, 5.74) is 2.38. The van der Waals surface area contributed by atoms with E-state index in [9.17, 15) is 4.79 Å². The predicted molar refractivity (Wildman–Crippen MR) is 73.5 cm³/mol. The average Bonchev–Trinajstić information content (AvgIpc) is 2.71. The Morgan fingerprint density at radius 2 is 1.89 bits per heavy atom. The van der Waals surface area contributed by atoms with Gasteiger partial charge in [0.05, 0.1) is 5.69 Å². The maximum absolute atomic E-state index is 11.2. The highest BCUT2D eigenvalue weighted by molar-refractivity contribution is 5.73. The number of likely N-dealkylation sites (tertiary alicyclic amines) is 1. The first kappa shape index (κ1) is 14.7. The van der Waals surface area contributed by atoms with Crippen LogP contribution in [0, 0.1) is 6.92 Å². The molecule has 4 heteroatoms. The second-order valence-electron chi connectivity index (χ2n) is 4.61. The molecule has 1 aliphatic rings. The van der Waals surface area contributed by atoms with E-state index in [1.54, 1.807) is 6.92 Å². The smallest absolute Gasteiger partial charge is 0.219 e. The van der Waals surface area contributed by atoms with E-state index in [-0.39, 0.29) is 5.91 Å². The van der Waals surface area contributed by atoms with Gasteiger partial charge in [-0.15, -0.1) is 0 Å². The molecule has 0 saturated carbocycles. The molecule has 2 rings (SSSR count). The normalized spacial score (nSPS) is 16.2. The summed E-state index contributed by atoms with van der Waals surface area (Å²) in [6, 6.07) is 2.16. The lowest BCUT2D eigenvalue weighted by Gasteiger charge is -2.31. The van der Waals surface area contributed by atoms with Gasteiger partial charge in [0.25, 0.3) is 0 Å². The standard InChI is InChI=1S/C12H19N3O.C2H6/c1-9-8-12(14(3)13-9)11-4-6-15(7-5-11)10(2)16;1-2/h8,11H,4-7H2,1-3H3;1-2H3. The number of carbonyl (C=O) groups is 1. The summed E-state index contributed by atoms with van der Waals surface area (Å²) in [7, 11) is 2.00. The number of carbonyl (C=O) groups excluding carboxylic acids is 1. The van der Waals surface area contributed by atoms with Crippen molar-refractivity contribution in [2.75, 3.05) is 13.1 Å². The van der Waals surface area contributed by atoms with E-state index in [2.05, 4.69) is 11.2 Å². The van der Waals surface area contributed by atoms with Crippen LogP contribution < -0.4 is 0 Å². The summed E-state index contributed by atoms with van der Waals surface area (Å²) in [4.78, 5) is 13.2. The number of amides is 1. The van der Waals surface area contributed by atoms with Gasteiger partial charge in [0, 0.05) is 38.7 Å². The second kappa shape index (κ2) is 6.57. The maximum Gasteiger partial charge on any atom is 0.219 e. The number of rotatable bonds is 1. The average molecular weight is 251 g/mol. The van der Waals surface area contributed by atoms with E-state index in [4.69, 9.17) is 0 Å². The minimum absolute atomic E-state index is 0.194. The lowest BCUT2D eigenvalue weighted by Crippen LogP contribution is -2.36. The molecular weight excluding hydrogens is 226 g/mol. The number of hydrogen-bond acceptors (Lipinski definition) is 2. The Hall–Kier alpha value is -1.32. The van der Waals surface area contributed by atoms with Gasteiger partial charge in [-0.2, -0.15) is 5.10 Å². The van der Waals surface area contributed by atoms with Crippen molar-refractivity contribution in [3.8, 4) is 0 Å². The molecule has 0 bridgehead atoms. The van der Waals surface area contributed by atoms with Crippen molar-refractivity contribution >= 4 is 5.91 Å². The minimum Gasteiger partial charge on any atom is -0.343 e. The van der Waals surface area contributed by atoms with Gasteiger partial charge in [0.15, 0.2) is 0 Å². The van der Waals surface area contributed by atoms with Gasteiger partial charge in [0.2, 0.25) is 5.91 Å². The third-order valence-corrected chi connectivity index (χ3v) is 3.40. The molecule has 0 radical (unpaired) electrons. The largest absolute Gasteiger partial charge is 0.343 e. The molecule has 0 N–H and O–H groups in total. The molecule has 1 amide bonds. The second-order valence-corrected chi connectivity index (χ2v) is 4.61. The molecule has 1 aromatic heterocycles. The fourth-order valence-electron chi connectivity index (χ4n) is 2.50. The SMILES string of the molecule is CC.CC(=O)N1CCC(c2cc(C)nn2C)CC1. The minimum atomic E-state index is 0.194. The van der Waals surface area contributed by atoms with Gasteiger partial charge in [-0.1, -0.05) is 13.8 Å². The summed E-state index contributed by atoms with van der Waals surface area (Å²) < 4.78 is 1.98. The Bertz CT molecular complexity index is 390. The van der Waals surface area contributed by atoms with Crippen LogP contribution in [0.15, 0.2) is 6.07 Å². The van der Waals surface area contributed by atoms with Gasteiger partial charge in [-0.05, 0) is 25.8 Å². The van der Waals surface area contributed by atoms with E-state index in [0.29, 0.717) is 5.92 Å². The van der Waals surface area contributed by atoms with Crippen molar-refractivity contribution in [3.05, 3.63) is 17.5 Å². The molecule has 4 nitrogen and oxygen atoms in total. The molecule has 102 valence electrons. The molecule has 0 unspecified atom stereocenters. The monoisotopic (exact) mass is 251 g/mol. The topological polar surface area (TPSA) is 38.1 Å². The lowest BCUT2D eigenvalue weighted by molar-refractivity contribution is -0.129. The van der Waals surface area contributed by atoms with Crippen LogP contribution in [0.3, 0.4) is 0 Å². The first-order valence-corrected chi connectivity index (χ1v) is 6.84. The summed E-state index contributed by atoms with van der Waals surface area (Å²) >= 11 is 0. The molecule has 18 heavy (non-hydrogen) atoms. The van der Waals surface area contributed by atoms with E-state index < -0.39 is 0 Å². The van der Waals surface area contributed by atoms with Crippen molar-refractivity contribution in [2.45, 2.75) is 46.5 Å². The van der Waals surface area contributed by atoms with E-state index in [0.717, 1.165) is 31.6 Å². The number of aryl methyl sites for hydroxylation is 2.